The van der Waals surface area contributed by atoms with Crippen LogP contribution in [0.4, 0.5) is 0 Å². The Labute approximate surface area is 313 Å². The molecule has 52 heavy (non-hydrogen) atoms. The van der Waals surface area contributed by atoms with Crippen LogP contribution in [0.5, 0.6) is 5.75 Å². The molecule has 0 bridgehead atoms. The minimum atomic E-state index is -0.879. The second-order valence-electron chi connectivity index (χ2n) is 13.3. The zero-order valence-corrected chi connectivity index (χ0v) is 32.5. The van der Waals surface area contributed by atoms with Gasteiger partial charge in [0.25, 0.3) is 0 Å². The zero-order valence-electron chi connectivity index (χ0n) is 31.8. The number of esters is 1. The predicted octanol–water partition coefficient (Wildman–Crippen LogP) is 5.32. The standard InChI is InChI=1S/C24H35N3O5.C8H9ClO.C7H14O3/c1-18(20(32-23(31)14-25)13-19-10-5-4-6-11-19)9-7-8-12-21(29)26-15-22(30)27-16-24(2,3)17-28;1-6-3-4-8(10-2)7(9)5-6;1-5(2)4-6(10-3)7(8)9/h4-6,8,10-12,17-18,20H,7,9,13-16,25H2,1-3H3,(H,26,29)(H,27,30);3-5H,1-2H3;5-6H,4H2,1-3H3,(H,8,9)/b12-8+;;. The molecule has 0 aliphatic rings. The number of carboxylic acids is 1. The molecule has 0 fully saturated rings. The number of aldehydes is 1. The van der Waals surface area contributed by atoms with Crippen molar-refractivity contribution in [2.75, 3.05) is 33.9 Å². The number of benzene rings is 2. The normalized spacial score (nSPS) is 12.6. The summed E-state index contributed by atoms with van der Waals surface area (Å²) in [5, 5.41) is 14.3. The second-order valence-corrected chi connectivity index (χ2v) is 13.7. The van der Waals surface area contributed by atoms with Gasteiger partial charge in [-0.15, -0.1) is 0 Å². The molecule has 290 valence electrons. The number of nitrogens with one attached hydrogen (secondary N) is 2. The van der Waals surface area contributed by atoms with Crippen LogP contribution in [0.3, 0.4) is 0 Å². The lowest BCUT2D eigenvalue weighted by Gasteiger charge is -2.24. The third-order valence-corrected chi connectivity index (χ3v) is 7.75. The van der Waals surface area contributed by atoms with Gasteiger partial charge < -0.3 is 40.5 Å². The van der Waals surface area contributed by atoms with Gasteiger partial charge in [-0.3, -0.25) is 14.4 Å². The topological polar surface area (TPSA) is 183 Å². The zero-order chi connectivity index (χ0) is 39.7. The van der Waals surface area contributed by atoms with Gasteiger partial charge in [-0.05, 0) is 67.4 Å². The highest BCUT2D eigenvalue weighted by atomic mass is 35.5. The summed E-state index contributed by atoms with van der Waals surface area (Å²) in [5.41, 5.74) is 6.96. The van der Waals surface area contributed by atoms with Gasteiger partial charge in [0.05, 0.1) is 25.2 Å². The Balaban J connectivity index is 0.00000105. The Kier molecular flexibility index (Phi) is 24.3. The van der Waals surface area contributed by atoms with E-state index < -0.39 is 23.5 Å². The van der Waals surface area contributed by atoms with E-state index in [1.165, 1.54) is 13.2 Å². The number of ether oxygens (including phenoxy) is 3. The van der Waals surface area contributed by atoms with E-state index in [4.69, 9.17) is 36.7 Å². The van der Waals surface area contributed by atoms with E-state index in [-0.39, 0.29) is 43.5 Å². The van der Waals surface area contributed by atoms with Crippen molar-refractivity contribution in [3.8, 4) is 5.75 Å². The highest BCUT2D eigenvalue weighted by Gasteiger charge is 2.22. The summed E-state index contributed by atoms with van der Waals surface area (Å²) in [6.45, 7) is 11.2. The van der Waals surface area contributed by atoms with E-state index in [1.807, 2.05) is 76.2 Å². The van der Waals surface area contributed by atoms with Crippen molar-refractivity contribution in [1.82, 2.24) is 10.6 Å². The van der Waals surface area contributed by atoms with Gasteiger partial charge in [0.1, 0.15) is 18.1 Å². The van der Waals surface area contributed by atoms with Gasteiger partial charge in [0, 0.05) is 25.5 Å². The number of carbonyl (C=O) groups is 5. The lowest BCUT2D eigenvalue weighted by atomic mass is 9.93. The van der Waals surface area contributed by atoms with Crippen LogP contribution in [0.25, 0.3) is 0 Å². The first-order valence-electron chi connectivity index (χ1n) is 17.1. The van der Waals surface area contributed by atoms with Crippen molar-refractivity contribution in [2.24, 2.45) is 23.0 Å². The molecule has 2 amide bonds. The Morgan fingerprint density at radius 2 is 1.67 bits per heavy atom. The predicted molar refractivity (Wildman–Crippen MR) is 203 cm³/mol. The maximum absolute atomic E-state index is 11.9. The minimum absolute atomic E-state index is 0.0605. The number of hydrogen-bond donors (Lipinski definition) is 4. The lowest BCUT2D eigenvalue weighted by molar-refractivity contribution is -0.150. The number of nitrogens with two attached hydrogens (primary N) is 1. The molecule has 0 heterocycles. The van der Waals surface area contributed by atoms with Crippen LogP contribution >= 0.6 is 11.6 Å². The van der Waals surface area contributed by atoms with Gasteiger partial charge in [0.2, 0.25) is 11.8 Å². The van der Waals surface area contributed by atoms with Crippen LogP contribution in [0.15, 0.2) is 60.7 Å². The summed E-state index contributed by atoms with van der Waals surface area (Å²) in [6, 6.07) is 15.5. The monoisotopic (exact) mass is 747 g/mol. The minimum Gasteiger partial charge on any atom is -0.495 e. The van der Waals surface area contributed by atoms with Crippen LogP contribution < -0.4 is 21.1 Å². The van der Waals surface area contributed by atoms with Crippen LogP contribution in [0.2, 0.25) is 5.02 Å². The fourth-order valence-corrected chi connectivity index (χ4v) is 4.62. The SMILES string of the molecule is CC(CC/C=C/C(=O)NCC(=O)NCC(C)(C)C=O)C(Cc1ccccc1)OC(=O)CN.COC(CC(C)C)C(=O)O.COc1ccc(C)cc1Cl. The third kappa shape index (κ3) is 22.5. The summed E-state index contributed by atoms with van der Waals surface area (Å²) in [7, 11) is 3.03. The molecular formula is C39H58ClN3O9. The van der Waals surface area contributed by atoms with Crippen LogP contribution in [-0.4, -0.2) is 81.2 Å². The Morgan fingerprint density at radius 3 is 2.17 bits per heavy atom. The largest absolute Gasteiger partial charge is 0.495 e. The third-order valence-electron chi connectivity index (χ3n) is 7.46. The Hall–Kier alpha value is -4.26. The molecule has 0 saturated carbocycles. The van der Waals surface area contributed by atoms with E-state index in [1.54, 1.807) is 27.0 Å². The van der Waals surface area contributed by atoms with Crippen molar-refractivity contribution in [3.05, 3.63) is 76.8 Å². The maximum atomic E-state index is 11.9. The average molecular weight is 748 g/mol. The maximum Gasteiger partial charge on any atom is 0.332 e. The molecule has 2 aromatic carbocycles. The molecule has 0 aromatic heterocycles. The molecule has 2 rings (SSSR count). The number of halogens is 1. The molecule has 0 radical (unpaired) electrons. The number of carbonyl (C=O) groups excluding carboxylic acids is 4. The van der Waals surface area contributed by atoms with Gasteiger partial charge >= 0.3 is 11.9 Å². The van der Waals surface area contributed by atoms with Crippen LogP contribution in [0, 0.1) is 24.2 Å². The first-order valence-corrected chi connectivity index (χ1v) is 17.5. The quantitative estimate of drug-likeness (QED) is 0.0834. The lowest BCUT2D eigenvalue weighted by Crippen LogP contribution is -2.40. The summed E-state index contributed by atoms with van der Waals surface area (Å²) < 4.78 is 15.2. The van der Waals surface area contributed by atoms with E-state index in [0.29, 0.717) is 36.6 Å². The molecule has 13 heteroatoms. The van der Waals surface area contributed by atoms with Gasteiger partial charge in [-0.2, -0.15) is 0 Å². The van der Waals surface area contributed by atoms with Crippen LogP contribution in [-0.2, 0) is 39.9 Å². The average Bonchev–Trinajstić information content (AvgIpc) is 3.11. The van der Waals surface area contributed by atoms with Gasteiger partial charge in [0.15, 0.2) is 6.10 Å². The number of rotatable bonds is 19. The van der Waals surface area contributed by atoms with E-state index in [0.717, 1.165) is 23.2 Å². The summed E-state index contributed by atoms with van der Waals surface area (Å²) in [5.74, 6) is -0.906. The molecule has 12 nitrogen and oxygen atoms in total. The Morgan fingerprint density at radius 1 is 1.02 bits per heavy atom. The molecule has 5 N–H and O–H groups in total. The van der Waals surface area contributed by atoms with E-state index in [2.05, 4.69) is 10.6 Å². The summed E-state index contributed by atoms with van der Waals surface area (Å²) >= 11 is 5.80. The molecular weight excluding hydrogens is 690 g/mol. The number of allylic oxidation sites excluding steroid dienone is 1. The fourth-order valence-electron chi connectivity index (χ4n) is 4.31. The number of aryl methyl sites for hydroxylation is 1. The van der Waals surface area contributed by atoms with E-state index in [9.17, 15) is 24.0 Å². The second kappa shape index (κ2) is 26.5. The van der Waals surface area contributed by atoms with Crippen LogP contribution in [0.1, 0.15) is 65.0 Å². The first kappa shape index (κ1) is 47.7. The molecule has 3 atom stereocenters. The van der Waals surface area contributed by atoms with Crippen molar-refractivity contribution in [3.63, 3.8) is 0 Å². The highest BCUT2D eigenvalue weighted by molar-refractivity contribution is 6.32. The van der Waals surface area contributed by atoms with Crippen molar-refractivity contribution in [1.29, 1.82) is 0 Å². The number of carboxylic acid groups (broad SMARTS) is 1. The van der Waals surface area contributed by atoms with Gasteiger partial charge in [-0.1, -0.05) is 88.7 Å². The molecule has 0 spiro atoms. The first-order chi connectivity index (χ1) is 24.5. The number of aliphatic carboxylic acids is 1. The fraction of sp³-hybridized carbons (Fsp3) is 0.513. The number of methoxy groups -OCH3 is 2. The molecule has 0 aliphatic carbocycles. The molecule has 0 saturated heterocycles. The smallest absolute Gasteiger partial charge is 0.332 e. The van der Waals surface area contributed by atoms with Crippen molar-refractivity contribution in [2.45, 2.75) is 79.4 Å². The van der Waals surface area contributed by atoms with Crippen molar-refractivity contribution < 1.29 is 43.3 Å². The highest BCUT2D eigenvalue weighted by Crippen LogP contribution is 2.24. The number of amides is 2. The van der Waals surface area contributed by atoms with Gasteiger partial charge in [-0.25, -0.2) is 4.79 Å². The summed E-state index contributed by atoms with van der Waals surface area (Å²) in [4.78, 5) is 56.5. The van der Waals surface area contributed by atoms with E-state index >= 15 is 0 Å². The summed E-state index contributed by atoms with van der Waals surface area (Å²) in [6.07, 6.45) is 5.42. The Bertz CT molecular complexity index is 1400. The number of hydrogen-bond acceptors (Lipinski definition) is 9. The molecule has 0 aliphatic heterocycles. The molecule has 2 aromatic rings. The molecule has 3 unspecified atom stereocenters. The van der Waals surface area contributed by atoms with Crippen molar-refractivity contribution >= 4 is 41.6 Å².